The van der Waals surface area contributed by atoms with Crippen LogP contribution in [0.15, 0.2) is 89.3 Å². The number of oxazole rings is 1. The summed E-state index contributed by atoms with van der Waals surface area (Å²) in [6.07, 6.45) is 2.48. The quantitative estimate of drug-likeness (QED) is 0.196. The summed E-state index contributed by atoms with van der Waals surface area (Å²) < 4.78 is 17.1. The molecule has 2 atom stereocenters. The largest absolute Gasteiger partial charge is 0.493 e. The Morgan fingerprint density at radius 1 is 0.950 bits per heavy atom. The predicted molar refractivity (Wildman–Crippen MR) is 158 cm³/mol. The molecule has 40 heavy (non-hydrogen) atoms. The number of ether oxygens (including phenoxy) is 2. The first-order valence-corrected chi connectivity index (χ1v) is 13.7. The third-order valence-corrected chi connectivity index (χ3v) is 7.49. The fraction of sp³-hybridized carbons (Fsp3) is 0.353. The van der Waals surface area contributed by atoms with Crippen LogP contribution >= 0.6 is 0 Å². The standard InChI is InChI=1S/C33H36N2O4.CH4/c1-24-31(34-32(39-24)27-13-7-4-8-14-27)18-19-38-29-15-9-12-25(20-29)16-17-28-22-35(23-30(28)33(36)37-2)21-26-10-5-3-6-11-26;/h3-15,20,28,30H,16-19,21-23H2,1-2H3;1H4/t28-,30+;/m1./s1. The molecule has 0 N–H and O–H groups in total. The number of methoxy groups -OCH3 is 1. The molecule has 0 saturated carbocycles. The van der Waals surface area contributed by atoms with Crippen LogP contribution in [0.5, 0.6) is 5.75 Å². The summed E-state index contributed by atoms with van der Waals surface area (Å²) in [5.74, 6) is 2.38. The summed E-state index contributed by atoms with van der Waals surface area (Å²) in [6, 6.07) is 28.6. The Bertz CT molecular complexity index is 1350. The van der Waals surface area contributed by atoms with E-state index in [1.54, 1.807) is 0 Å². The van der Waals surface area contributed by atoms with Crippen molar-refractivity contribution in [3.8, 4) is 17.2 Å². The molecule has 6 nitrogen and oxygen atoms in total. The molecule has 5 rings (SSSR count). The van der Waals surface area contributed by atoms with Gasteiger partial charge in [-0.05, 0) is 61.1 Å². The van der Waals surface area contributed by atoms with Gasteiger partial charge in [0.15, 0.2) is 0 Å². The van der Waals surface area contributed by atoms with E-state index in [4.69, 9.17) is 13.9 Å². The summed E-state index contributed by atoms with van der Waals surface area (Å²) in [5, 5.41) is 0. The number of aromatic nitrogens is 1. The average molecular weight is 541 g/mol. The number of carbonyl (C=O) groups is 1. The van der Waals surface area contributed by atoms with Crippen LogP contribution < -0.4 is 4.74 Å². The molecule has 0 aliphatic carbocycles. The first-order valence-electron chi connectivity index (χ1n) is 13.7. The molecule has 210 valence electrons. The molecule has 6 heteroatoms. The van der Waals surface area contributed by atoms with Gasteiger partial charge in [-0.25, -0.2) is 4.98 Å². The van der Waals surface area contributed by atoms with Crippen molar-refractivity contribution >= 4 is 5.97 Å². The number of hydrogen-bond acceptors (Lipinski definition) is 6. The van der Waals surface area contributed by atoms with Gasteiger partial charge in [0, 0.05) is 31.6 Å². The summed E-state index contributed by atoms with van der Waals surface area (Å²) in [7, 11) is 1.49. The lowest BCUT2D eigenvalue weighted by molar-refractivity contribution is -0.146. The van der Waals surface area contributed by atoms with Gasteiger partial charge in [-0.2, -0.15) is 0 Å². The van der Waals surface area contributed by atoms with Crippen LogP contribution in [0.25, 0.3) is 11.5 Å². The number of likely N-dealkylation sites (tertiary alicyclic amines) is 1. The minimum absolute atomic E-state index is 0. The molecule has 0 bridgehead atoms. The van der Waals surface area contributed by atoms with E-state index in [0.29, 0.717) is 18.9 Å². The molecule has 0 spiro atoms. The second-order valence-corrected chi connectivity index (χ2v) is 10.2. The Morgan fingerprint density at radius 3 is 2.42 bits per heavy atom. The monoisotopic (exact) mass is 540 g/mol. The highest BCUT2D eigenvalue weighted by Crippen LogP contribution is 2.30. The third kappa shape index (κ3) is 7.39. The lowest BCUT2D eigenvalue weighted by Crippen LogP contribution is -2.25. The van der Waals surface area contributed by atoms with Crippen LogP contribution in [-0.2, 0) is 28.9 Å². The van der Waals surface area contributed by atoms with Crippen LogP contribution in [0, 0.1) is 18.8 Å². The van der Waals surface area contributed by atoms with Gasteiger partial charge in [-0.1, -0.05) is 68.1 Å². The molecule has 2 heterocycles. The average Bonchev–Trinajstić information content (AvgIpc) is 3.55. The maximum atomic E-state index is 12.5. The second-order valence-electron chi connectivity index (χ2n) is 10.2. The van der Waals surface area contributed by atoms with Crippen molar-refractivity contribution in [2.45, 2.75) is 40.2 Å². The number of esters is 1. The van der Waals surface area contributed by atoms with Crippen LogP contribution in [0.3, 0.4) is 0 Å². The van der Waals surface area contributed by atoms with E-state index in [1.165, 1.54) is 18.2 Å². The molecule has 0 amide bonds. The number of carbonyl (C=O) groups excluding carboxylic acids is 1. The Balaban J connectivity index is 0.00000370. The summed E-state index contributed by atoms with van der Waals surface area (Å²) in [4.78, 5) is 19.6. The normalized spacial score (nSPS) is 16.9. The van der Waals surface area contributed by atoms with Crippen molar-refractivity contribution in [2.24, 2.45) is 11.8 Å². The van der Waals surface area contributed by atoms with Crippen molar-refractivity contribution in [3.05, 3.63) is 108 Å². The summed E-state index contributed by atoms with van der Waals surface area (Å²) >= 11 is 0. The zero-order valence-electron chi connectivity index (χ0n) is 22.7. The fourth-order valence-electron chi connectivity index (χ4n) is 5.41. The van der Waals surface area contributed by atoms with Crippen molar-refractivity contribution in [3.63, 3.8) is 0 Å². The lowest BCUT2D eigenvalue weighted by Gasteiger charge is -2.16. The zero-order valence-corrected chi connectivity index (χ0v) is 22.7. The van der Waals surface area contributed by atoms with Crippen molar-refractivity contribution in [2.75, 3.05) is 26.8 Å². The van der Waals surface area contributed by atoms with E-state index in [2.05, 4.69) is 46.3 Å². The van der Waals surface area contributed by atoms with Crippen LogP contribution in [0.2, 0.25) is 0 Å². The van der Waals surface area contributed by atoms with Gasteiger partial charge in [0.25, 0.3) is 0 Å². The van der Waals surface area contributed by atoms with E-state index < -0.39 is 0 Å². The molecule has 1 saturated heterocycles. The van der Waals surface area contributed by atoms with Gasteiger partial charge in [0.1, 0.15) is 11.5 Å². The topological polar surface area (TPSA) is 64.8 Å². The van der Waals surface area contributed by atoms with Crippen molar-refractivity contribution < 1.29 is 18.7 Å². The minimum Gasteiger partial charge on any atom is -0.493 e. The first kappa shape index (κ1) is 29.1. The smallest absolute Gasteiger partial charge is 0.310 e. The molecule has 0 unspecified atom stereocenters. The highest BCUT2D eigenvalue weighted by molar-refractivity contribution is 5.73. The number of aryl methyl sites for hydroxylation is 2. The number of nitrogens with zero attached hydrogens (tertiary/aromatic N) is 2. The van der Waals surface area contributed by atoms with E-state index in [0.717, 1.165) is 55.2 Å². The maximum Gasteiger partial charge on any atom is 0.310 e. The molecule has 1 aliphatic rings. The summed E-state index contributed by atoms with van der Waals surface area (Å²) in [5.41, 5.74) is 4.37. The molecule has 1 aliphatic heterocycles. The second kappa shape index (κ2) is 13.9. The SMILES string of the molecule is C.COC(=O)[C@H]1CN(Cc2ccccc2)C[C@H]1CCc1cccc(OCCc2nc(-c3ccccc3)oc2C)c1. The molecule has 4 aromatic rings. The highest BCUT2D eigenvalue weighted by atomic mass is 16.5. The maximum absolute atomic E-state index is 12.5. The number of hydrogen-bond donors (Lipinski definition) is 0. The predicted octanol–water partition coefficient (Wildman–Crippen LogP) is 6.76. The minimum atomic E-state index is -0.105. The van der Waals surface area contributed by atoms with Gasteiger partial charge < -0.3 is 13.9 Å². The van der Waals surface area contributed by atoms with Crippen molar-refractivity contribution in [1.29, 1.82) is 0 Å². The van der Waals surface area contributed by atoms with E-state index >= 15 is 0 Å². The third-order valence-electron chi connectivity index (χ3n) is 7.49. The van der Waals surface area contributed by atoms with Gasteiger partial charge >= 0.3 is 5.97 Å². The van der Waals surface area contributed by atoms with Crippen LogP contribution in [-0.4, -0.2) is 42.7 Å². The Morgan fingerprint density at radius 2 is 1.68 bits per heavy atom. The first-order chi connectivity index (χ1) is 19.1. The van der Waals surface area contributed by atoms with Gasteiger partial charge in [0.05, 0.1) is 25.3 Å². The summed E-state index contributed by atoms with van der Waals surface area (Å²) in [6.45, 7) is 4.95. The molecule has 3 aromatic carbocycles. The Hall–Kier alpha value is -3.90. The van der Waals surface area contributed by atoms with Crippen molar-refractivity contribution in [1.82, 2.24) is 9.88 Å². The van der Waals surface area contributed by atoms with Gasteiger partial charge in [-0.3, -0.25) is 9.69 Å². The number of benzene rings is 3. The molecule has 0 radical (unpaired) electrons. The van der Waals surface area contributed by atoms with Gasteiger partial charge in [0.2, 0.25) is 5.89 Å². The van der Waals surface area contributed by atoms with E-state index in [9.17, 15) is 4.79 Å². The lowest BCUT2D eigenvalue weighted by atomic mass is 9.90. The van der Waals surface area contributed by atoms with Gasteiger partial charge in [-0.15, -0.1) is 0 Å². The molecule has 1 aromatic heterocycles. The van der Waals surface area contributed by atoms with E-state index in [-0.39, 0.29) is 25.2 Å². The van der Waals surface area contributed by atoms with Crippen LogP contribution in [0.4, 0.5) is 0 Å². The highest BCUT2D eigenvalue weighted by Gasteiger charge is 2.37. The molecular weight excluding hydrogens is 500 g/mol. The zero-order chi connectivity index (χ0) is 27.0. The van der Waals surface area contributed by atoms with E-state index in [1.807, 2.05) is 55.5 Å². The Labute approximate surface area is 238 Å². The molecular formula is C34H40N2O4. The molecule has 1 fully saturated rings. The van der Waals surface area contributed by atoms with Crippen LogP contribution in [0.1, 0.15) is 36.4 Å². The fourth-order valence-corrected chi connectivity index (χ4v) is 5.41. The number of rotatable bonds is 11. The Kier molecular flexibility index (Phi) is 10.1.